The zero-order valence-corrected chi connectivity index (χ0v) is 10.7. The van der Waals surface area contributed by atoms with Crippen LogP contribution in [0.3, 0.4) is 0 Å². The normalized spacial score (nSPS) is 13.1. The van der Waals surface area contributed by atoms with Gasteiger partial charge in [0, 0.05) is 6.54 Å². The molecule has 0 aliphatic heterocycles. The van der Waals surface area contributed by atoms with E-state index in [1.165, 1.54) is 24.8 Å². The molecule has 1 heterocycles. The van der Waals surface area contributed by atoms with Crippen LogP contribution in [0.25, 0.3) is 11.0 Å². The molecular weight excluding hydrogens is 210 g/mol. The number of hydrogen-bond acceptors (Lipinski definition) is 2. The molecule has 1 aromatic heterocycles. The van der Waals surface area contributed by atoms with Crippen molar-refractivity contribution < 1.29 is 0 Å². The lowest BCUT2D eigenvalue weighted by atomic mass is 10.2. The molecule has 0 aliphatic rings. The highest BCUT2D eigenvalue weighted by atomic mass is 15.1. The third-order valence-electron chi connectivity index (χ3n) is 3.08. The molecular formula is C14H21N3. The Hall–Kier alpha value is -1.35. The van der Waals surface area contributed by atoms with Crippen molar-refractivity contribution in [3.8, 4) is 0 Å². The molecule has 3 heteroatoms. The number of aryl methyl sites for hydroxylation is 1. The largest absolute Gasteiger partial charge is 0.327 e. The molecule has 0 spiro atoms. The van der Waals surface area contributed by atoms with Crippen molar-refractivity contribution in [3.63, 3.8) is 0 Å². The maximum absolute atomic E-state index is 6.00. The average Bonchev–Trinajstić information content (AvgIpc) is 2.69. The molecule has 2 aromatic rings. The first kappa shape index (κ1) is 12.1. The lowest BCUT2D eigenvalue weighted by molar-refractivity contribution is 0.570. The molecule has 1 atom stereocenters. The van der Waals surface area contributed by atoms with Crippen LogP contribution in [0.15, 0.2) is 24.3 Å². The van der Waals surface area contributed by atoms with E-state index in [2.05, 4.69) is 34.7 Å². The van der Waals surface area contributed by atoms with E-state index in [0.29, 0.717) is 0 Å². The Morgan fingerprint density at radius 1 is 1.29 bits per heavy atom. The number of aromatic nitrogens is 2. The number of fused-ring (bicyclic) bond motifs is 1. The fourth-order valence-corrected chi connectivity index (χ4v) is 2.20. The number of rotatable bonds is 5. The summed E-state index contributed by atoms with van der Waals surface area (Å²) in [5.74, 6) is 1.00. The lowest BCUT2D eigenvalue weighted by Gasteiger charge is -2.10. The van der Waals surface area contributed by atoms with E-state index < -0.39 is 0 Å². The van der Waals surface area contributed by atoms with Crippen LogP contribution in [0, 0.1) is 0 Å². The van der Waals surface area contributed by atoms with Crippen molar-refractivity contribution in [1.29, 1.82) is 0 Å². The highest BCUT2D eigenvalue weighted by Gasteiger charge is 2.12. The molecule has 1 aromatic carbocycles. The second kappa shape index (κ2) is 5.32. The molecule has 0 bridgehead atoms. The Kier molecular flexibility index (Phi) is 3.79. The molecule has 0 saturated carbocycles. The minimum absolute atomic E-state index is 0.0102. The number of imidazole rings is 1. The van der Waals surface area contributed by atoms with E-state index in [1.54, 1.807) is 0 Å². The smallest absolute Gasteiger partial charge is 0.126 e. The topological polar surface area (TPSA) is 43.8 Å². The summed E-state index contributed by atoms with van der Waals surface area (Å²) in [7, 11) is 0. The average molecular weight is 231 g/mol. The van der Waals surface area contributed by atoms with Crippen molar-refractivity contribution in [3.05, 3.63) is 30.1 Å². The molecule has 0 radical (unpaired) electrons. The van der Waals surface area contributed by atoms with Gasteiger partial charge in [0.05, 0.1) is 17.1 Å². The van der Waals surface area contributed by atoms with Gasteiger partial charge in [-0.15, -0.1) is 0 Å². The van der Waals surface area contributed by atoms with Gasteiger partial charge in [0.15, 0.2) is 0 Å². The van der Waals surface area contributed by atoms with Crippen molar-refractivity contribution in [1.82, 2.24) is 9.55 Å². The molecule has 17 heavy (non-hydrogen) atoms. The third-order valence-corrected chi connectivity index (χ3v) is 3.08. The van der Waals surface area contributed by atoms with Crippen molar-refractivity contribution >= 4 is 11.0 Å². The SMILES string of the molecule is CCCCCn1c(C(C)N)nc2ccccc21. The number of hydrogen-bond donors (Lipinski definition) is 1. The van der Waals surface area contributed by atoms with Gasteiger partial charge < -0.3 is 10.3 Å². The number of para-hydroxylation sites is 2. The number of nitrogens with two attached hydrogens (primary N) is 1. The first-order valence-corrected chi connectivity index (χ1v) is 6.44. The minimum atomic E-state index is -0.0102. The first-order chi connectivity index (χ1) is 8.24. The predicted octanol–water partition coefficient (Wildman–Crippen LogP) is 3.25. The van der Waals surface area contributed by atoms with Crippen LogP contribution in [0.2, 0.25) is 0 Å². The van der Waals surface area contributed by atoms with Gasteiger partial charge in [0.2, 0.25) is 0 Å². The summed E-state index contributed by atoms with van der Waals surface area (Å²) in [6.07, 6.45) is 3.68. The monoisotopic (exact) mass is 231 g/mol. The standard InChI is InChI=1S/C14H21N3/c1-3-4-7-10-17-13-9-6-5-8-12(13)16-14(17)11(2)15/h5-6,8-9,11H,3-4,7,10,15H2,1-2H3. The molecule has 2 N–H and O–H groups in total. The van der Waals surface area contributed by atoms with E-state index in [-0.39, 0.29) is 6.04 Å². The Balaban J connectivity index is 2.37. The molecule has 0 fully saturated rings. The van der Waals surface area contributed by atoms with Crippen LogP contribution in [0.4, 0.5) is 0 Å². The van der Waals surface area contributed by atoms with Crippen LogP contribution < -0.4 is 5.73 Å². The number of nitrogens with zero attached hydrogens (tertiary/aromatic N) is 2. The third kappa shape index (κ3) is 2.50. The van der Waals surface area contributed by atoms with Gasteiger partial charge in [-0.25, -0.2) is 4.98 Å². The predicted molar refractivity (Wildman–Crippen MR) is 71.9 cm³/mol. The zero-order chi connectivity index (χ0) is 12.3. The zero-order valence-electron chi connectivity index (χ0n) is 10.7. The Labute approximate surface area is 103 Å². The maximum Gasteiger partial charge on any atom is 0.126 e. The van der Waals surface area contributed by atoms with Crippen molar-refractivity contribution in [2.75, 3.05) is 0 Å². The van der Waals surface area contributed by atoms with Gasteiger partial charge in [-0.05, 0) is 25.5 Å². The van der Waals surface area contributed by atoms with Crippen LogP contribution in [0.1, 0.15) is 45.0 Å². The fraction of sp³-hybridized carbons (Fsp3) is 0.500. The summed E-state index contributed by atoms with van der Waals surface area (Å²) in [6.45, 7) is 5.24. The molecule has 0 aliphatic carbocycles. The molecule has 1 unspecified atom stereocenters. The Morgan fingerprint density at radius 3 is 2.76 bits per heavy atom. The van der Waals surface area contributed by atoms with E-state index in [1.807, 2.05) is 13.0 Å². The lowest BCUT2D eigenvalue weighted by Crippen LogP contribution is -2.13. The molecule has 2 rings (SSSR count). The van der Waals surface area contributed by atoms with Crippen LogP contribution in [-0.2, 0) is 6.54 Å². The van der Waals surface area contributed by atoms with Crippen molar-refractivity contribution in [2.45, 2.75) is 45.7 Å². The molecule has 92 valence electrons. The van der Waals surface area contributed by atoms with E-state index in [0.717, 1.165) is 17.9 Å². The van der Waals surface area contributed by atoms with Crippen LogP contribution in [0.5, 0.6) is 0 Å². The van der Waals surface area contributed by atoms with Crippen molar-refractivity contribution in [2.24, 2.45) is 5.73 Å². The number of unbranched alkanes of at least 4 members (excludes halogenated alkanes) is 2. The highest BCUT2D eigenvalue weighted by Crippen LogP contribution is 2.20. The highest BCUT2D eigenvalue weighted by molar-refractivity contribution is 5.76. The van der Waals surface area contributed by atoms with Gasteiger partial charge in [0.25, 0.3) is 0 Å². The second-order valence-electron chi connectivity index (χ2n) is 4.61. The van der Waals surface area contributed by atoms with Gasteiger partial charge in [-0.2, -0.15) is 0 Å². The van der Waals surface area contributed by atoms with E-state index in [9.17, 15) is 0 Å². The van der Waals surface area contributed by atoms with Crippen LogP contribution in [-0.4, -0.2) is 9.55 Å². The summed E-state index contributed by atoms with van der Waals surface area (Å²) in [5.41, 5.74) is 8.26. The summed E-state index contributed by atoms with van der Waals surface area (Å²) in [4.78, 5) is 4.63. The fourth-order valence-electron chi connectivity index (χ4n) is 2.20. The van der Waals surface area contributed by atoms with Gasteiger partial charge in [-0.3, -0.25) is 0 Å². The summed E-state index contributed by atoms with van der Waals surface area (Å²) < 4.78 is 2.27. The summed E-state index contributed by atoms with van der Waals surface area (Å²) in [6, 6.07) is 8.25. The minimum Gasteiger partial charge on any atom is -0.327 e. The molecule has 0 amide bonds. The Bertz CT molecular complexity index is 485. The van der Waals surface area contributed by atoms with Gasteiger partial charge in [0.1, 0.15) is 5.82 Å². The van der Waals surface area contributed by atoms with Crippen LogP contribution >= 0.6 is 0 Å². The number of benzene rings is 1. The molecule has 0 saturated heterocycles. The summed E-state index contributed by atoms with van der Waals surface area (Å²) in [5, 5.41) is 0. The first-order valence-electron chi connectivity index (χ1n) is 6.44. The van der Waals surface area contributed by atoms with E-state index >= 15 is 0 Å². The van der Waals surface area contributed by atoms with Gasteiger partial charge in [-0.1, -0.05) is 31.9 Å². The molecule has 3 nitrogen and oxygen atoms in total. The second-order valence-corrected chi connectivity index (χ2v) is 4.61. The summed E-state index contributed by atoms with van der Waals surface area (Å²) >= 11 is 0. The maximum atomic E-state index is 6.00. The quantitative estimate of drug-likeness (QED) is 0.803. The van der Waals surface area contributed by atoms with E-state index in [4.69, 9.17) is 5.73 Å². The Morgan fingerprint density at radius 2 is 2.06 bits per heavy atom. The van der Waals surface area contributed by atoms with Gasteiger partial charge >= 0.3 is 0 Å².